The summed E-state index contributed by atoms with van der Waals surface area (Å²) in [6.45, 7) is 5.65. The molecular formula is C18H15ClF2N2O. The molecule has 0 atom stereocenters. The lowest BCUT2D eigenvalue weighted by molar-refractivity contribution is 0.112. The van der Waals surface area contributed by atoms with Crippen LogP contribution in [0.15, 0.2) is 30.5 Å². The van der Waals surface area contributed by atoms with E-state index in [4.69, 9.17) is 11.6 Å². The zero-order valence-electron chi connectivity index (χ0n) is 13.4. The second-order valence-corrected chi connectivity index (χ2v) is 6.97. The average molecular weight is 349 g/mol. The second-order valence-electron chi connectivity index (χ2n) is 6.60. The van der Waals surface area contributed by atoms with Gasteiger partial charge in [0, 0.05) is 11.1 Å². The third-order valence-electron chi connectivity index (χ3n) is 3.83. The van der Waals surface area contributed by atoms with Gasteiger partial charge in [0.05, 0.1) is 22.3 Å². The largest absolute Gasteiger partial charge is 0.298 e. The number of carbonyl (C=O) groups is 1. The molecule has 24 heavy (non-hydrogen) atoms. The van der Waals surface area contributed by atoms with Crippen LogP contribution in [0.25, 0.3) is 16.8 Å². The first-order valence-corrected chi connectivity index (χ1v) is 7.73. The van der Waals surface area contributed by atoms with Gasteiger partial charge in [-0.2, -0.15) is 5.10 Å². The van der Waals surface area contributed by atoms with Crippen molar-refractivity contribution in [3.05, 3.63) is 58.2 Å². The smallest absolute Gasteiger partial charge is 0.160 e. The SMILES string of the molecule is CC(C)(C)c1c(Cl)c(F)cn2nc(-c3ccc(F)cc3)c(C=O)c12. The summed E-state index contributed by atoms with van der Waals surface area (Å²) >= 11 is 6.18. The summed E-state index contributed by atoms with van der Waals surface area (Å²) < 4.78 is 28.7. The fourth-order valence-electron chi connectivity index (χ4n) is 2.79. The van der Waals surface area contributed by atoms with Crippen molar-refractivity contribution in [1.82, 2.24) is 9.61 Å². The Morgan fingerprint density at radius 1 is 1.17 bits per heavy atom. The number of benzene rings is 1. The lowest BCUT2D eigenvalue weighted by Crippen LogP contribution is -2.15. The van der Waals surface area contributed by atoms with Gasteiger partial charge in [-0.15, -0.1) is 0 Å². The lowest BCUT2D eigenvalue weighted by Gasteiger charge is -2.22. The van der Waals surface area contributed by atoms with Crippen molar-refractivity contribution >= 4 is 23.4 Å². The quantitative estimate of drug-likeness (QED) is 0.608. The number of nitrogens with zero attached hydrogens (tertiary/aromatic N) is 2. The van der Waals surface area contributed by atoms with Crippen LogP contribution in [0.3, 0.4) is 0 Å². The van der Waals surface area contributed by atoms with Crippen molar-refractivity contribution < 1.29 is 13.6 Å². The van der Waals surface area contributed by atoms with Gasteiger partial charge >= 0.3 is 0 Å². The fourth-order valence-corrected chi connectivity index (χ4v) is 3.22. The Morgan fingerprint density at radius 3 is 2.33 bits per heavy atom. The van der Waals surface area contributed by atoms with E-state index >= 15 is 0 Å². The van der Waals surface area contributed by atoms with Crippen molar-refractivity contribution in [2.24, 2.45) is 0 Å². The molecule has 0 saturated heterocycles. The maximum Gasteiger partial charge on any atom is 0.160 e. The Bertz CT molecular complexity index is 941. The van der Waals surface area contributed by atoms with E-state index in [2.05, 4.69) is 5.10 Å². The van der Waals surface area contributed by atoms with Gasteiger partial charge in [0.2, 0.25) is 0 Å². The highest BCUT2D eigenvalue weighted by atomic mass is 35.5. The van der Waals surface area contributed by atoms with Crippen LogP contribution in [0.4, 0.5) is 8.78 Å². The van der Waals surface area contributed by atoms with E-state index in [1.165, 1.54) is 28.8 Å². The van der Waals surface area contributed by atoms with Gasteiger partial charge in [-0.25, -0.2) is 13.3 Å². The number of rotatable bonds is 2. The molecule has 3 nitrogen and oxygen atoms in total. The van der Waals surface area contributed by atoms with E-state index in [0.29, 0.717) is 34.2 Å². The normalized spacial score (nSPS) is 11.9. The van der Waals surface area contributed by atoms with Crippen molar-refractivity contribution in [3.8, 4) is 11.3 Å². The molecule has 0 radical (unpaired) electrons. The van der Waals surface area contributed by atoms with Crippen LogP contribution in [0.1, 0.15) is 36.7 Å². The summed E-state index contributed by atoms with van der Waals surface area (Å²) in [5, 5.41) is 4.30. The molecule has 1 aromatic carbocycles. The molecule has 0 N–H and O–H groups in total. The minimum Gasteiger partial charge on any atom is -0.298 e. The predicted molar refractivity (Wildman–Crippen MR) is 89.6 cm³/mol. The zero-order valence-corrected chi connectivity index (χ0v) is 14.2. The van der Waals surface area contributed by atoms with Crippen LogP contribution in [-0.4, -0.2) is 15.9 Å². The minimum atomic E-state index is -0.611. The number of aldehydes is 1. The van der Waals surface area contributed by atoms with E-state index in [9.17, 15) is 13.6 Å². The summed E-state index contributed by atoms with van der Waals surface area (Å²) in [5.74, 6) is -1.00. The molecule has 0 fully saturated rings. The monoisotopic (exact) mass is 348 g/mol. The van der Waals surface area contributed by atoms with Gasteiger partial charge in [-0.3, -0.25) is 4.79 Å². The summed E-state index contributed by atoms with van der Waals surface area (Å²) in [5.41, 5.74) is 1.69. The Labute approximate surface area is 142 Å². The van der Waals surface area contributed by atoms with E-state index in [-0.39, 0.29) is 10.8 Å². The molecule has 0 aliphatic rings. The molecule has 0 aliphatic carbocycles. The molecular weight excluding hydrogens is 334 g/mol. The van der Waals surface area contributed by atoms with Crippen molar-refractivity contribution in [2.75, 3.05) is 0 Å². The standard InChI is InChI=1S/C18H15ClF2N2O/c1-18(2,3)14-15(19)13(21)8-23-17(14)12(9-24)16(22-23)10-4-6-11(20)7-5-10/h4-9H,1-3H3. The number of hydrogen-bond acceptors (Lipinski definition) is 2. The Morgan fingerprint density at radius 2 is 1.79 bits per heavy atom. The van der Waals surface area contributed by atoms with Crippen LogP contribution in [0, 0.1) is 11.6 Å². The molecule has 0 unspecified atom stereocenters. The molecule has 0 bridgehead atoms. The first-order chi connectivity index (χ1) is 11.2. The number of halogens is 3. The molecule has 2 aromatic heterocycles. The minimum absolute atomic E-state index is 0.0244. The Balaban J connectivity index is 2.43. The number of pyridine rings is 1. The highest BCUT2D eigenvalue weighted by Crippen LogP contribution is 2.38. The average Bonchev–Trinajstić information content (AvgIpc) is 2.85. The molecule has 3 aromatic rings. The van der Waals surface area contributed by atoms with Crippen LogP contribution < -0.4 is 0 Å². The summed E-state index contributed by atoms with van der Waals surface area (Å²) in [6.07, 6.45) is 1.82. The Hall–Kier alpha value is -2.27. The first-order valence-electron chi connectivity index (χ1n) is 7.36. The van der Waals surface area contributed by atoms with Crippen molar-refractivity contribution in [3.63, 3.8) is 0 Å². The number of carbonyl (C=O) groups excluding carboxylic acids is 1. The van der Waals surface area contributed by atoms with E-state index < -0.39 is 11.2 Å². The summed E-state index contributed by atoms with van der Waals surface area (Å²) in [7, 11) is 0. The molecule has 0 amide bonds. The van der Waals surface area contributed by atoms with Crippen molar-refractivity contribution in [1.29, 1.82) is 0 Å². The van der Waals surface area contributed by atoms with Crippen LogP contribution in [-0.2, 0) is 5.41 Å². The molecule has 124 valence electrons. The van der Waals surface area contributed by atoms with Gasteiger partial charge in [0.25, 0.3) is 0 Å². The van der Waals surface area contributed by atoms with Gasteiger partial charge in [0.15, 0.2) is 12.1 Å². The lowest BCUT2D eigenvalue weighted by atomic mass is 9.85. The molecule has 3 rings (SSSR count). The molecule has 2 heterocycles. The van der Waals surface area contributed by atoms with Gasteiger partial charge in [-0.1, -0.05) is 32.4 Å². The number of aromatic nitrogens is 2. The number of fused-ring (bicyclic) bond motifs is 1. The third-order valence-corrected chi connectivity index (χ3v) is 4.20. The van der Waals surface area contributed by atoms with E-state index in [1.807, 2.05) is 20.8 Å². The molecule has 0 spiro atoms. The molecule has 0 aliphatic heterocycles. The van der Waals surface area contributed by atoms with Gasteiger partial charge < -0.3 is 0 Å². The molecule has 0 saturated carbocycles. The Kier molecular flexibility index (Phi) is 3.92. The summed E-state index contributed by atoms with van der Waals surface area (Å²) in [4.78, 5) is 11.8. The summed E-state index contributed by atoms with van der Waals surface area (Å²) in [6, 6.07) is 5.62. The highest BCUT2D eigenvalue weighted by Gasteiger charge is 2.28. The third kappa shape index (κ3) is 2.59. The van der Waals surface area contributed by atoms with E-state index in [0.717, 1.165) is 6.20 Å². The number of hydrogen-bond donors (Lipinski definition) is 0. The molecule has 6 heteroatoms. The highest BCUT2D eigenvalue weighted by molar-refractivity contribution is 6.32. The van der Waals surface area contributed by atoms with Crippen molar-refractivity contribution in [2.45, 2.75) is 26.2 Å². The first kappa shape index (κ1) is 16.6. The van der Waals surface area contributed by atoms with Crippen LogP contribution >= 0.6 is 11.6 Å². The van der Waals surface area contributed by atoms with Gasteiger partial charge in [0.1, 0.15) is 11.5 Å². The van der Waals surface area contributed by atoms with Crippen LogP contribution in [0.5, 0.6) is 0 Å². The zero-order chi connectivity index (χ0) is 17.6. The van der Waals surface area contributed by atoms with Gasteiger partial charge in [-0.05, 0) is 29.7 Å². The second kappa shape index (κ2) is 5.67. The van der Waals surface area contributed by atoms with Crippen LogP contribution in [0.2, 0.25) is 5.02 Å². The maximum absolute atomic E-state index is 14.2. The predicted octanol–water partition coefficient (Wildman–Crippen LogP) is 5.04. The van der Waals surface area contributed by atoms with E-state index in [1.54, 1.807) is 0 Å². The maximum atomic E-state index is 14.2. The topological polar surface area (TPSA) is 34.4 Å². The fraction of sp³-hybridized carbons (Fsp3) is 0.222.